The van der Waals surface area contributed by atoms with Gasteiger partial charge >= 0.3 is 0 Å². The van der Waals surface area contributed by atoms with Gasteiger partial charge in [0.1, 0.15) is 0 Å². The molecule has 1 aromatic rings. The van der Waals surface area contributed by atoms with Crippen LogP contribution in [0.15, 0.2) is 36.4 Å². The molecule has 0 saturated heterocycles. The molecule has 0 bridgehead atoms. The first-order chi connectivity index (χ1) is 7.93. The van der Waals surface area contributed by atoms with Crippen LogP contribution in [-0.2, 0) is 0 Å². The second kappa shape index (κ2) is 4.29. The Bertz CT molecular complexity index is 410. The zero-order chi connectivity index (χ0) is 10.8. The molecule has 3 rings (SSSR count). The number of allylic oxidation sites excluding steroid dienone is 4. The van der Waals surface area contributed by atoms with Gasteiger partial charge in [-0.15, -0.1) is 0 Å². The molecule has 0 nitrogen and oxygen atoms in total. The van der Waals surface area contributed by atoms with Gasteiger partial charge in [-0.3, -0.25) is 0 Å². The van der Waals surface area contributed by atoms with Crippen molar-refractivity contribution in [2.24, 2.45) is 0 Å². The normalized spacial score (nSPS) is 19.8. The van der Waals surface area contributed by atoms with Gasteiger partial charge in [-0.1, -0.05) is 30.4 Å². The van der Waals surface area contributed by atoms with Crippen molar-refractivity contribution in [3.63, 3.8) is 0 Å². The summed E-state index contributed by atoms with van der Waals surface area (Å²) in [5.41, 5.74) is 6.01. The molecule has 0 saturated carbocycles. The molecule has 0 fully saturated rings. The molecule has 0 spiro atoms. The Hall–Kier alpha value is -1.30. The maximum atomic E-state index is 2.40. The fourth-order valence-corrected chi connectivity index (χ4v) is 2.78. The Labute approximate surface area is 97.7 Å². The van der Waals surface area contributed by atoms with Gasteiger partial charge in [0.2, 0.25) is 0 Å². The summed E-state index contributed by atoms with van der Waals surface area (Å²) in [5.74, 6) is 0. The highest BCUT2D eigenvalue weighted by molar-refractivity contribution is 5.73. The summed E-state index contributed by atoms with van der Waals surface area (Å²) in [7, 11) is 0. The molecule has 0 atom stereocenters. The summed E-state index contributed by atoms with van der Waals surface area (Å²) in [6, 6.07) is 9.11. The van der Waals surface area contributed by atoms with Crippen LogP contribution in [0.3, 0.4) is 0 Å². The molecular weight excluding hydrogens is 192 g/mol. The zero-order valence-electron chi connectivity index (χ0n) is 9.71. The first kappa shape index (κ1) is 9.89. The third-order valence-electron chi connectivity index (χ3n) is 3.69. The van der Waals surface area contributed by atoms with Crippen LogP contribution in [0.25, 0.3) is 11.1 Å². The predicted octanol–water partition coefficient (Wildman–Crippen LogP) is 4.82. The minimum Gasteiger partial charge on any atom is -0.0807 e. The molecular formula is C16H18. The fourth-order valence-electron chi connectivity index (χ4n) is 2.78. The first-order valence-corrected chi connectivity index (χ1v) is 6.42. The minimum absolute atomic E-state index is 1.27. The predicted molar refractivity (Wildman–Crippen MR) is 70.1 cm³/mol. The summed E-state index contributed by atoms with van der Waals surface area (Å²) >= 11 is 0. The standard InChI is InChI=1S/C16H18/c1-2-7-13(6-1)15-10-5-11-16(12-15)14-8-3-4-9-14/h5-6,8,10-12H,1-4,7,9H2. The zero-order valence-corrected chi connectivity index (χ0v) is 9.71. The largest absolute Gasteiger partial charge is 0.0807 e. The van der Waals surface area contributed by atoms with E-state index in [4.69, 9.17) is 0 Å². The van der Waals surface area contributed by atoms with Crippen molar-refractivity contribution in [3.8, 4) is 0 Å². The van der Waals surface area contributed by atoms with Gasteiger partial charge in [0, 0.05) is 0 Å². The molecule has 0 unspecified atom stereocenters. The van der Waals surface area contributed by atoms with E-state index in [9.17, 15) is 0 Å². The lowest BCUT2D eigenvalue weighted by Gasteiger charge is -2.07. The minimum atomic E-state index is 1.27. The van der Waals surface area contributed by atoms with Crippen LogP contribution in [0, 0.1) is 0 Å². The quantitative estimate of drug-likeness (QED) is 0.656. The van der Waals surface area contributed by atoms with E-state index in [1.165, 1.54) is 49.7 Å². The van der Waals surface area contributed by atoms with E-state index in [2.05, 4.69) is 36.4 Å². The molecule has 0 radical (unpaired) electrons. The van der Waals surface area contributed by atoms with Crippen molar-refractivity contribution in [3.05, 3.63) is 47.5 Å². The first-order valence-electron chi connectivity index (χ1n) is 6.42. The molecule has 0 heterocycles. The summed E-state index contributed by atoms with van der Waals surface area (Å²) in [5, 5.41) is 0. The Balaban J connectivity index is 1.93. The summed E-state index contributed by atoms with van der Waals surface area (Å²) < 4.78 is 0. The molecule has 0 N–H and O–H groups in total. The SMILES string of the molecule is C1=C(c2cccc(C3=CCCC3)c2)CCC1. The Morgan fingerprint density at radius 1 is 0.750 bits per heavy atom. The Morgan fingerprint density at radius 3 is 1.75 bits per heavy atom. The molecule has 2 aliphatic carbocycles. The third kappa shape index (κ3) is 1.84. The van der Waals surface area contributed by atoms with Crippen LogP contribution in [0.2, 0.25) is 0 Å². The van der Waals surface area contributed by atoms with Crippen molar-refractivity contribution in [1.29, 1.82) is 0 Å². The second-order valence-electron chi connectivity index (χ2n) is 4.82. The van der Waals surface area contributed by atoms with E-state index in [0.717, 1.165) is 0 Å². The summed E-state index contributed by atoms with van der Waals surface area (Å²) in [4.78, 5) is 0. The van der Waals surface area contributed by atoms with E-state index < -0.39 is 0 Å². The number of rotatable bonds is 2. The van der Waals surface area contributed by atoms with E-state index in [0.29, 0.717) is 0 Å². The van der Waals surface area contributed by atoms with Crippen LogP contribution in [0.5, 0.6) is 0 Å². The van der Waals surface area contributed by atoms with Crippen molar-refractivity contribution in [1.82, 2.24) is 0 Å². The molecule has 16 heavy (non-hydrogen) atoms. The van der Waals surface area contributed by atoms with Crippen molar-refractivity contribution in [2.45, 2.75) is 38.5 Å². The lowest BCUT2D eigenvalue weighted by molar-refractivity contribution is 0.934. The highest BCUT2D eigenvalue weighted by atomic mass is 14.2. The highest BCUT2D eigenvalue weighted by Crippen LogP contribution is 2.32. The van der Waals surface area contributed by atoms with Crippen LogP contribution in [0.4, 0.5) is 0 Å². The molecule has 0 heteroatoms. The van der Waals surface area contributed by atoms with E-state index in [-0.39, 0.29) is 0 Å². The average molecular weight is 210 g/mol. The molecule has 0 aromatic heterocycles. The average Bonchev–Trinajstić information content (AvgIpc) is 3.03. The number of benzene rings is 1. The van der Waals surface area contributed by atoms with Gasteiger partial charge < -0.3 is 0 Å². The fraction of sp³-hybridized carbons (Fsp3) is 0.375. The van der Waals surface area contributed by atoms with Gasteiger partial charge in [-0.05, 0) is 66.9 Å². The van der Waals surface area contributed by atoms with Crippen LogP contribution in [0.1, 0.15) is 49.7 Å². The van der Waals surface area contributed by atoms with Crippen molar-refractivity contribution >= 4 is 11.1 Å². The highest BCUT2D eigenvalue weighted by Gasteiger charge is 2.10. The monoisotopic (exact) mass is 210 g/mol. The van der Waals surface area contributed by atoms with Crippen LogP contribution >= 0.6 is 0 Å². The van der Waals surface area contributed by atoms with E-state index in [1.54, 1.807) is 11.1 Å². The third-order valence-corrected chi connectivity index (χ3v) is 3.69. The van der Waals surface area contributed by atoms with Gasteiger partial charge in [0.15, 0.2) is 0 Å². The van der Waals surface area contributed by atoms with Gasteiger partial charge in [0.25, 0.3) is 0 Å². The molecule has 82 valence electrons. The van der Waals surface area contributed by atoms with Crippen molar-refractivity contribution in [2.75, 3.05) is 0 Å². The Morgan fingerprint density at radius 2 is 1.31 bits per heavy atom. The van der Waals surface area contributed by atoms with Crippen LogP contribution < -0.4 is 0 Å². The maximum Gasteiger partial charge on any atom is -0.0222 e. The molecule has 2 aliphatic rings. The molecule has 1 aromatic carbocycles. The maximum absolute atomic E-state index is 2.40. The smallest absolute Gasteiger partial charge is 0.0222 e. The number of hydrogen-bond donors (Lipinski definition) is 0. The Kier molecular flexibility index (Phi) is 2.65. The number of hydrogen-bond acceptors (Lipinski definition) is 0. The summed E-state index contributed by atoms with van der Waals surface area (Å²) in [6.45, 7) is 0. The molecule has 0 aliphatic heterocycles. The van der Waals surface area contributed by atoms with Gasteiger partial charge in [0.05, 0.1) is 0 Å². The lowest BCUT2D eigenvalue weighted by Crippen LogP contribution is -1.85. The van der Waals surface area contributed by atoms with Crippen molar-refractivity contribution < 1.29 is 0 Å². The molecule has 0 amide bonds. The van der Waals surface area contributed by atoms with Crippen LogP contribution in [-0.4, -0.2) is 0 Å². The van der Waals surface area contributed by atoms with Gasteiger partial charge in [-0.25, -0.2) is 0 Å². The van der Waals surface area contributed by atoms with Gasteiger partial charge in [-0.2, -0.15) is 0 Å². The van der Waals surface area contributed by atoms with E-state index in [1.807, 2.05) is 0 Å². The summed E-state index contributed by atoms with van der Waals surface area (Å²) in [6.07, 6.45) is 12.5. The van der Waals surface area contributed by atoms with E-state index >= 15 is 0 Å². The lowest BCUT2D eigenvalue weighted by atomic mass is 9.98. The topological polar surface area (TPSA) is 0 Å². The second-order valence-corrected chi connectivity index (χ2v) is 4.82.